The first-order valence-electron chi connectivity index (χ1n) is 13.2. The number of unbranched alkanes of at least 4 members (excludes halogenated alkanes) is 17. The summed E-state index contributed by atoms with van der Waals surface area (Å²) >= 11 is 0. The first kappa shape index (κ1) is 26.9. The fourth-order valence-electron chi connectivity index (χ4n) is 4.28. The van der Waals surface area contributed by atoms with Crippen LogP contribution >= 0.6 is 0 Å². The minimum absolute atomic E-state index is 0.0888. The molecule has 0 aromatic carbocycles. The number of ether oxygens (including phenoxy) is 2. The van der Waals surface area contributed by atoms with Gasteiger partial charge in [-0.2, -0.15) is 0 Å². The van der Waals surface area contributed by atoms with Crippen LogP contribution in [0.25, 0.3) is 0 Å². The Morgan fingerprint density at radius 3 is 1.48 bits per heavy atom. The summed E-state index contributed by atoms with van der Waals surface area (Å²) in [5.74, 6) is 0. The van der Waals surface area contributed by atoms with Crippen LogP contribution in [0.4, 0.5) is 0 Å². The standard InChI is InChI=1S/C26H52O3/c1-3-4-5-6-7-8-9-10-11-12-13-14-15-16-17-18-19-20-23-28-26-22-21-25(27)24(2)29-26/h24-27H,3-23H2,1-2H3/t24-,25?,26?/m0/s1. The third-order valence-corrected chi connectivity index (χ3v) is 6.41. The lowest BCUT2D eigenvalue weighted by molar-refractivity contribution is -0.217. The third kappa shape index (κ3) is 16.3. The molecule has 0 radical (unpaired) electrons. The third-order valence-electron chi connectivity index (χ3n) is 6.41. The summed E-state index contributed by atoms with van der Waals surface area (Å²) < 4.78 is 11.5. The topological polar surface area (TPSA) is 38.7 Å². The number of hydrogen-bond acceptors (Lipinski definition) is 3. The molecule has 1 rings (SSSR count). The molecule has 1 heterocycles. The van der Waals surface area contributed by atoms with Gasteiger partial charge >= 0.3 is 0 Å². The van der Waals surface area contributed by atoms with Gasteiger partial charge in [-0.05, 0) is 19.8 Å². The SMILES string of the molecule is CCCCCCCCCCCCCCCCCCCCOC1CCC(O)[C@H](C)O1. The van der Waals surface area contributed by atoms with Crippen molar-refractivity contribution in [3.05, 3.63) is 0 Å². The van der Waals surface area contributed by atoms with E-state index in [0.29, 0.717) is 0 Å². The molecule has 0 aliphatic carbocycles. The lowest BCUT2D eigenvalue weighted by Gasteiger charge is -2.31. The van der Waals surface area contributed by atoms with E-state index in [2.05, 4.69) is 6.92 Å². The van der Waals surface area contributed by atoms with Crippen LogP contribution in [0.15, 0.2) is 0 Å². The van der Waals surface area contributed by atoms with Crippen molar-refractivity contribution in [2.24, 2.45) is 0 Å². The van der Waals surface area contributed by atoms with Crippen LogP contribution in [-0.2, 0) is 9.47 Å². The minimum Gasteiger partial charge on any atom is -0.390 e. The molecule has 1 N–H and O–H groups in total. The molecule has 0 aromatic rings. The highest BCUT2D eigenvalue weighted by Crippen LogP contribution is 2.20. The maximum Gasteiger partial charge on any atom is 0.158 e. The van der Waals surface area contributed by atoms with E-state index in [1.807, 2.05) is 6.92 Å². The summed E-state index contributed by atoms with van der Waals surface area (Å²) in [6, 6.07) is 0. The van der Waals surface area contributed by atoms with Gasteiger partial charge in [-0.3, -0.25) is 0 Å². The Morgan fingerprint density at radius 1 is 0.655 bits per heavy atom. The van der Waals surface area contributed by atoms with Crippen LogP contribution in [0.5, 0.6) is 0 Å². The van der Waals surface area contributed by atoms with E-state index < -0.39 is 0 Å². The van der Waals surface area contributed by atoms with Gasteiger partial charge in [0.15, 0.2) is 6.29 Å². The van der Waals surface area contributed by atoms with Gasteiger partial charge in [0, 0.05) is 13.0 Å². The fraction of sp³-hybridized carbons (Fsp3) is 1.00. The van der Waals surface area contributed by atoms with Crippen molar-refractivity contribution in [2.45, 2.75) is 161 Å². The molecular weight excluding hydrogens is 360 g/mol. The van der Waals surface area contributed by atoms with Crippen LogP contribution in [0.1, 0.15) is 142 Å². The molecule has 0 aromatic heterocycles. The highest BCUT2D eigenvalue weighted by Gasteiger charge is 2.26. The second-order valence-electron chi connectivity index (χ2n) is 9.30. The van der Waals surface area contributed by atoms with E-state index >= 15 is 0 Å². The maximum absolute atomic E-state index is 9.65. The zero-order valence-electron chi connectivity index (χ0n) is 19.8. The molecule has 174 valence electrons. The van der Waals surface area contributed by atoms with Gasteiger partial charge in [0.1, 0.15) is 0 Å². The van der Waals surface area contributed by atoms with Gasteiger partial charge < -0.3 is 14.6 Å². The van der Waals surface area contributed by atoms with Crippen molar-refractivity contribution in [1.82, 2.24) is 0 Å². The van der Waals surface area contributed by atoms with Crippen LogP contribution in [0, 0.1) is 0 Å². The monoisotopic (exact) mass is 412 g/mol. The Morgan fingerprint density at radius 2 is 1.07 bits per heavy atom. The highest BCUT2D eigenvalue weighted by atomic mass is 16.7. The van der Waals surface area contributed by atoms with E-state index in [1.54, 1.807) is 0 Å². The van der Waals surface area contributed by atoms with Gasteiger partial charge in [0.25, 0.3) is 0 Å². The average Bonchev–Trinajstić information content (AvgIpc) is 2.72. The van der Waals surface area contributed by atoms with Gasteiger partial charge in [-0.25, -0.2) is 0 Å². The first-order chi connectivity index (χ1) is 14.2. The molecule has 1 aliphatic rings. The van der Waals surface area contributed by atoms with Gasteiger partial charge in [-0.1, -0.05) is 116 Å². The summed E-state index contributed by atoms with van der Waals surface area (Å²) in [6.07, 6.45) is 26.4. The van der Waals surface area contributed by atoms with Gasteiger partial charge in [-0.15, -0.1) is 0 Å². The summed E-state index contributed by atoms with van der Waals surface area (Å²) in [6.45, 7) is 5.02. The van der Waals surface area contributed by atoms with Gasteiger partial charge in [0.05, 0.1) is 12.2 Å². The molecule has 3 heteroatoms. The van der Waals surface area contributed by atoms with E-state index in [4.69, 9.17) is 9.47 Å². The summed E-state index contributed by atoms with van der Waals surface area (Å²) in [4.78, 5) is 0. The number of rotatable bonds is 20. The number of aliphatic hydroxyl groups is 1. The zero-order valence-corrected chi connectivity index (χ0v) is 19.8. The normalized spacial score (nSPS) is 22.2. The molecule has 1 saturated heterocycles. The fourth-order valence-corrected chi connectivity index (χ4v) is 4.28. The smallest absolute Gasteiger partial charge is 0.158 e. The molecule has 3 atom stereocenters. The first-order valence-corrected chi connectivity index (χ1v) is 13.2. The quantitative estimate of drug-likeness (QED) is 0.206. The lowest BCUT2D eigenvalue weighted by atomic mass is 10.0. The second kappa shape index (κ2) is 19.8. The Hall–Kier alpha value is -0.120. The van der Waals surface area contributed by atoms with Crippen molar-refractivity contribution in [1.29, 1.82) is 0 Å². The molecule has 3 nitrogen and oxygen atoms in total. The molecule has 29 heavy (non-hydrogen) atoms. The van der Waals surface area contributed by atoms with E-state index in [1.165, 1.54) is 109 Å². The zero-order chi connectivity index (χ0) is 21.0. The molecule has 0 bridgehead atoms. The van der Waals surface area contributed by atoms with Crippen molar-refractivity contribution >= 4 is 0 Å². The second-order valence-corrected chi connectivity index (χ2v) is 9.30. The Balaban J connectivity index is 1.69. The van der Waals surface area contributed by atoms with Crippen molar-refractivity contribution in [2.75, 3.05) is 6.61 Å². The molecule has 0 spiro atoms. The van der Waals surface area contributed by atoms with E-state index in [9.17, 15) is 5.11 Å². The van der Waals surface area contributed by atoms with E-state index in [0.717, 1.165) is 25.9 Å². The minimum atomic E-state index is -0.319. The van der Waals surface area contributed by atoms with Gasteiger partial charge in [0.2, 0.25) is 0 Å². The Labute approximate surface area is 182 Å². The Kier molecular flexibility index (Phi) is 18.4. The van der Waals surface area contributed by atoms with Crippen LogP contribution in [-0.4, -0.2) is 30.2 Å². The number of aliphatic hydroxyl groups excluding tert-OH is 1. The summed E-state index contributed by atoms with van der Waals surface area (Å²) in [5.41, 5.74) is 0. The van der Waals surface area contributed by atoms with Crippen LogP contribution in [0.3, 0.4) is 0 Å². The average molecular weight is 413 g/mol. The van der Waals surface area contributed by atoms with E-state index in [-0.39, 0.29) is 18.5 Å². The van der Waals surface area contributed by atoms with Crippen LogP contribution < -0.4 is 0 Å². The largest absolute Gasteiger partial charge is 0.390 e. The van der Waals surface area contributed by atoms with Crippen LogP contribution in [0.2, 0.25) is 0 Å². The lowest BCUT2D eigenvalue weighted by Crippen LogP contribution is -2.38. The number of hydrogen-bond donors (Lipinski definition) is 1. The Bertz CT molecular complexity index is 334. The molecule has 1 fully saturated rings. The summed E-state index contributed by atoms with van der Waals surface area (Å²) in [5, 5.41) is 9.65. The highest BCUT2D eigenvalue weighted by molar-refractivity contribution is 4.71. The molecule has 2 unspecified atom stereocenters. The maximum atomic E-state index is 9.65. The molecule has 0 saturated carbocycles. The summed E-state index contributed by atoms with van der Waals surface area (Å²) in [7, 11) is 0. The van der Waals surface area contributed by atoms with Crippen molar-refractivity contribution < 1.29 is 14.6 Å². The molecule has 1 aliphatic heterocycles. The predicted octanol–water partition coefficient (Wildman–Crippen LogP) is 7.93. The van der Waals surface area contributed by atoms with Crippen molar-refractivity contribution in [3.63, 3.8) is 0 Å². The molecule has 0 amide bonds. The predicted molar refractivity (Wildman–Crippen MR) is 124 cm³/mol. The van der Waals surface area contributed by atoms with Crippen molar-refractivity contribution in [3.8, 4) is 0 Å². The molecular formula is C26H52O3.